The Bertz CT molecular complexity index is 475. The fourth-order valence-corrected chi connectivity index (χ4v) is 2.10. The molecule has 1 amide bonds. The van der Waals surface area contributed by atoms with Gasteiger partial charge < -0.3 is 5.32 Å². The zero-order valence-electron chi connectivity index (χ0n) is 11.0. The number of hydrogen-bond acceptors (Lipinski definition) is 3. The fraction of sp³-hybridized carbons (Fsp3) is 0.462. The number of nitro groups is 1. The molecule has 0 bridgehead atoms. The summed E-state index contributed by atoms with van der Waals surface area (Å²) < 4.78 is 0. The quantitative estimate of drug-likeness (QED) is 0.496. The van der Waals surface area contributed by atoms with Crippen LogP contribution in [-0.2, 0) is 0 Å². The lowest BCUT2D eigenvalue weighted by molar-refractivity contribution is -0.385. The summed E-state index contributed by atoms with van der Waals surface area (Å²) in [6.45, 7) is 4.38. The number of halogens is 1. The van der Waals surface area contributed by atoms with Crippen molar-refractivity contribution < 1.29 is 9.72 Å². The van der Waals surface area contributed by atoms with Crippen LogP contribution in [0.2, 0.25) is 0 Å². The number of alkyl halides is 1. The van der Waals surface area contributed by atoms with Crippen LogP contribution in [0, 0.1) is 15.5 Å². The van der Waals surface area contributed by atoms with E-state index in [9.17, 15) is 14.9 Å². The number of hydrogen-bond donors (Lipinski definition) is 1. The Morgan fingerprint density at radius 3 is 2.63 bits per heavy atom. The summed E-state index contributed by atoms with van der Waals surface area (Å²) in [5.74, 6) is 0.0731. The number of rotatable bonds is 6. The smallest absolute Gasteiger partial charge is 0.282 e. The first-order chi connectivity index (χ1) is 8.87. The average Bonchev–Trinajstić information content (AvgIpc) is 2.36. The van der Waals surface area contributed by atoms with E-state index in [2.05, 4.69) is 5.32 Å². The van der Waals surface area contributed by atoms with Gasteiger partial charge in [0, 0.05) is 18.5 Å². The first kappa shape index (κ1) is 15.4. The minimum Gasteiger partial charge on any atom is -0.351 e. The van der Waals surface area contributed by atoms with Gasteiger partial charge in [0.25, 0.3) is 11.6 Å². The van der Waals surface area contributed by atoms with Crippen LogP contribution in [0.4, 0.5) is 5.69 Å². The monoisotopic (exact) mass is 284 g/mol. The summed E-state index contributed by atoms with van der Waals surface area (Å²) >= 11 is 5.68. The minimum absolute atomic E-state index is 0.0779. The second-order valence-corrected chi connectivity index (χ2v) is 5.44. The SMILES string of the molecule is CC(C)(CCCl)CNC(=O)c1ccccc1[N+](=O)[O-]. The van der Waals surface area contributed by atoms with Gasteiger partial charge in [0.05, 0.1) is 4.92 Å². The molecule has 0 aliphatic rings. The van der Waals surface area contributed by atoms with Crippen LogP contribution in [0.5, 0.6) is 0 Å². The van der Waals surface area contributed by atoms with Gasteiger partial charge in [0.1, 0.15) is 5.56 Å². The van der Waals surface area contributed by atoms with Gasteiger partial charge in [0.2, 0.25) is 0 Å². The minimum atomic E-state index is -0.557. The Morgan fingerprint density at radius 2 is 2.05 bits per heavy atom. The van der Waals surface area contributed by atoms with Crippen molar-refractivity contribution in [2.24, 2.45) is 5.41 Å². The molecule has 0 aromatic heterocycles. The van der Waals surface area contributed by atoms with Gasteiger partial charge in [0.15, 0.2) is 0 Å². The third-order valence-corrected chi connectivity index (χ3v) is 3.03. The van der Waals surface area contributed by atoms with Crippen molar-refractivity contribution in [3.8, 4) is 0 Å². The lowest BCUT2D eigenvalue weighted by Gasteiger charge is -2.23. The van der Waals surface area contributed by atoms with E-state index in [1.807, 2.05) is 13.8 Å². The molecule has 0 aliphatic carbocycles. The van der Waals surface area contributed by atoms with Crippen molar-refractivity contribution in [1.82, 2.24) is 5.32 Å². The maximum Gasteiger partial charge on any atom is 0.282 e. The zero-order chi connectivity index (χ0) is 14.5. The third-order valence-electron chi connectivity index (χ3n) is 2.84. The average molecular weight is 285 g/mol. The summed E-state index contributed by atoms with van der Waals surface area (Å²) in [6, 6.07) is 5.90. The van der Waals surface area contributed by atoms with E-state index in [0.717, 1.165) is 6.42 Å². The van der Waals surface area contributed by atoms with E-state index < -0.39 is 10.8 Å². The van der Waals surface area contributed by atoms with E-state index in [1.165, 1.54) is 18.2 Å². The zero-order valence-corrected chi connectivity index (χ0v) is 11.7. The number of carbonyl (C=O) groups excluding carboxylic acids is 1. The summed E-state index contributed by atoms with van der Waals surface area (Å²) in [7, 11) is 0. The van der Waals surface area contributed by atoms with Crippen LogP contribution in [-0.4, -0.2) is 23.3 Å². The van der Waals surface area contributed by atoms with Crippen molar-refractivity contribution in [2.45, 2.75) is 20.3 Å². The van der Waals surface area contributed by atoms with Gasteiger partial charge in [-0.15, -0.1) is 11.6 Å². The Kier molecular flexibility index (Phi) is 5.30. The van der Waals surface area contributed by atoms with Crippen molar-refractivity contribution >= 4 is 23.2 Å². The molecule has 1 aromatic carbocycles. The second-order valence-electron chi connectivity index (χ2n) is 5.06. The van der Waals surface area contributed by atoms with E-state index in [0.29, 0.717) is 12.4 Å². The summed E-state index contributed by atoms with van der Waals surface area (Å²) in [6.07, 6.45) is 0.756. The van der Waals surface area contributed by atoms with Crippen LogP contribution in [0.3, 0.4) is 0 Å². The molecule has 0 heterocycles. The Balaban J connectivity index is 2.77. The van der Waals surface area contributed by atoms with Gasteiger partial charge in [-0.25, -0.2) is 0 Å². The third kappa shape index (κ3) is 4.52. The van der Waals surface area contributed by atoms with Crippen molar-refractivity contribution in [3.63, 3.8) is 0 Å². The molecule has 104 valence electrons. The molecule has 0 radical (unpaired) electrons. The van der Waals surface area contributed by atoms with E-state index in [4.69, 9.17) is 11.6 Å². The fourth-order valence-electron chi connectivity index (χ4n) is 1.58. The molecule has 0 unspecified atom stereocenters. The number of benzene rings is 1. The number of amides is 1. The Morgan fingerprint density at radius 1 is 1.42 bits per heavy atom. The molecule has 0 fully saturated rings. The predicted octanol–water partition coefficient (Wildman–Crippen LogP) is 2.98. The summed E-state index contributed by atoms with van der Waals surface area (Å²) in [4.78, 5) is 22.3. The molecule has 0 saturated carbocycles. The number of carbonyl (C=O) groups is 1. The van der Waals surface area contributed by atoms with E-state index in [1.54, 1.807) is 6.07 Å². The summed E-state index contributed by atoms with van der Waals surface area (Å²) in [5.41, 5.74) is -0.245. The number of nitrogens with zero attached hydrogens (tertiary/aromatic N) is 1. The highest BCUT2D eigenvalue weighted by molar-refractivity contribution is 6.17. The van der Waals surface area contributed by atoms with Gasteiger partial charge in [-0.1, -0.05) is 26.0 Å². The maximum absolute atomic E-state index is 12.0. The molecule has 6 heteroatoms. The lowest BCUT2D eigenvalue weighted by atomic mass is 9.90. The number of nitro benzene ring substituents is 1. The van der Waals surface area contributed by atoms with Gasteiger partial charge in [-0.2, -0.15) is 0 Å². The molecular weight excluding hydrogens is 268 g/mol. The van der Waals surface area contributed by atoms with E-state index in [-0.39, 0.29) is 16.7 Å². The largest absolute Gasteiger partial charge is 0.351 e. The van der Waals surface area contributed by atoms with Crippen LogP contribution in [0.15, 0.2) is 24.3 Å². The predicted molar refractivity (Wildman–Crippen MR) is 74.5 cm³/mol. The van der Waals surface area contributed by atoms with Crippen LogP contribution in [0.25, 0.3) is 0 Å². The number of para-hydroxylation sites is 1. The van der Waals surface area contributed by atoms with Crippen LogP contribution >= 0.6 is 11.6 Å². The molecule has 1 aromatic rings. The first-order valence-electron chi connectivity index (χ1n) is 5.95. The molecule has 0 saturated heterocycles. The highest BCUT2D eigenvalue weighted by Crippen LogP contribution is 2.21. The van der Waals surface area contributed by atoms with Crippen molar-refractivity contribution in [3.05, 3.63) is 39.9 Å². The molecule has 1 rings (SSSR count). The molecule has 0 aliphatic heterocycles. The topological polar surface area (TPSA) is 72.2 Å². The first-order valence-corrected chi connectivity index (χ1v) is 6.48. The van der Waals surface area contributed by atoms with Crippen LogP contribution in [0.1, 0.15) is 30.6 Å². The molecule has 0 spiro atoms. The van der Waals surface area contributed by atoms with E-state index >= 15 is 0 Å². The van der Waals surface area contributed by atoms with Gasteiger partial charge >= 0.3 is 0 Å². The normalized spacial score (nSPS) is 11.1. The molecule has 19 heavy (non-hydrogen) atoms. The Labute approximate surface area is 117 Å². The Hall–Kier alpha value is -1.62. The molecular formula is C13H17ClN2O3. The lowest BCUT2D eigenvalue weighted by Crippen LogP contribution is -2.34. The second kappa shape index (κ2) is 6.52. The molecule has 0 atom stereocenters. The highest BCUT2D eigenvalue weighted by Gasteiger charge is 2.22. The molecule has 1 N–H and O–H groups in total. The van der Waals surface area contributed by atoms with Crippen LogP contribution < -0.4 is 5.32 Å². The molecule has 5 nitrogen and oxygen atoms in total. The maximum atomic E-state index is 12.0. The van der Waals surface area contributed by atoms with Gasteiger partial charge in [-0.05, 0) is 17.9 Å². The van der Waals surface area contributed by atoms with Crippen molar-refractivity contribution in [1.29, 1.82) is 0 Å². The number of nitrogens with one attached hydrogen (secondary N) is 1. The van der Waals surface area contributed by atoms with Gasteiger partial charge in [-0.3, -0.25) is 14.9 Å². The van der Waals surface area contributed by atoms with Crippen molar-refractivity contribution in [2.75, 3.05) is 12.4 Å². The summed E-state index contributed by atoms with van der Waals surface area (Å²) in [5, 5.41) is 13.6. The highest BCUT2D eigenvalue weighted by atomic mass is 35.5. The standard InChI is InChI=1S/C13H17ClN2O3/c1-13(2,7-8-14)9-15-12(17)10-5-3-4-6-11(10)16(18)19/h3-6H,7-9H2,1-2H3,(H,15,17).